The van der Waals surface area contributed by atoms with Crippen molar-refractivity contribution < 1.29 is 0 Å². The molecule has 1 aromatic rings. The van der Waals surface area contributed by atoms with Gasteiger partial charge in [-0.05, 0) is 62.3 Å². The Morgan fingerprint density at radius 1 is 1.35 bits per heavy atom. The van der Waals surface area contributed by atoms with Crippen LogP contribution in [0, 0.1) is 5.92 Å². The maximum atomic E-state index is 6.18. The molecule has 0 spiro atoms. The fraction of sp³-hybridized carbons (Fsp3) is 0.647. The van der Waals surface area contributed by atoms with Crippen molar-refractivity contribution in [2.24, 2.45) is 11.7 Å². The number of hydrogen-bond donors (Lipinski definition) is 1. The van der Waals surface area contributed by atoms with Crippen molar-refractivity contribution in [2.45, 2.75) is 58.5 Å². The standard InChI is InChI=1S/C17H27BrN2/c1-4-16(19)10-14-9-15(18)7-8-17(14)20-11-12(2)5-6-13(20)3/h7-9,12-13,16H,4-6,10-11,19H2,1-3H3. The highest BCUT2D eigenvalue weighted by atomic mass is 79.9. The summed E-state index contributed by atoms with van der Waals surface area (Å²) in [6, 6.07) is 7.54. The summed E-state index contributed by atoms with van der Waals surface area (Å²) in [5.41, 5.74) is 8.95. The van der Waals surface area contributed by atoms with Crippen LogP contribution in [0.2, 0.25) is 0 Å². The maximum absolute atomic E-state index is 6.18. The summed E-state index contributed by atoms with van der Waals surface area (Å²) in [5, 5.41) is 0. The van der Waals surface area contributed by atoms with Gasteiger partial charge in [0.05, 0.1) is 0 Å². The molecule has 1 fully saturated rings. The third kappa shape index (κ3) is 3.76. The van der Waals surface area contributed by atoms with E-state index in [-0.39, 0.29) is 6.04 Å². The zero-order chi connectivity index (χ0) is 14.7. The van der Waals surface area contributed by atoms with E-state index in [0.29, 0.717) is 6.04 Å². The molecule has 2 rings (SSSR count). The number of nitrogens with zero attached hydrogens (tertiary/aromatic N) is 1. The molecule has 0 aromatic heterocycles. The highest BCUT2D eigenvalue weighted by Gasteiger charge is 2.25. The molecule has 1 heterocycles. The molecule has 0 aliphatic carbocycles. The summed E-state index contributed by atoms with van der Waals surface area (Å²) in [5.74, 6) is 0.780. The molecule has 2 N–H and O–H groups in total. The van der Waals surface area contributed by atoms with E-state index in [1.54, 1.807) is 0 Å². The molecule has 0 bridgehead atoms. The molecule has 1 aliphatic heterocycles. The largest absolute Gasteiger partial charge is 0.368 e. The van der Waals surface area contributed by atoms with Gasteiger partial charge in [0.25, 0.3) is 0 Å². The summed E-state index contributed by atoms with van der Waals surface area (Å²) < 4.78 is 1.15. The number of benzene rings is 1. The zero-order valence-corrected chi connectivity index (χ0v) is 14.5. The lowest BCUT2D eigenvalue weighted by molar-refractivity contribution is 0.389. The van der Waals surface area contributed by atoms with Gasteiger partial charge in [0.2, 0.25) is 0 Å². The monoisotopic (exact) mass is 338 g/mol. The van der Waals surface area contributed by atoms with E-state index in [0.717, 1.165) is 29.8 Å². The molecule has 1 saturated heterocycles. The second kappa shape index (κ2) is 6.95. The van der Waals surface area contributed by atoms with Crippen LogP contribution < -0.4 is 10.6 Å². The molecule has 3 unspecified atom stereocenters. The Bertz CT molecular complexity index is 447. The Balaban J connectivity index is 2.29. The summed E-state index contributed by atoms with van der Waals surface area (Å²) in [6.07, 6.45) is 4.62. The number of piperidine rings is 1. The first-order valence-corrected chi connectivity index (χ1v) is 8.61. The van der Waals surface area contributed by atoms with E-state index in [2.05, 4.69) is 59.8 Å². The van der Waals surface area contributed by atoms with Crippen molar-refractivity contribution in [3.8, 4) is 0 Å². The average molecular weight is 339 g/mol. The minimum absolute atomic E-state index is 0.251. The first-order valence-electron chi connectivity index (χ1n) is 7.81. The van der Waals surface area contributed by atoms with Crippen LogP contribution in [0.25, 0.3) is 0 Å². The SMILES string of the molecule is CCC(N)Cc1cc(Br)ccc1N1CC(C)CCC1C. The summed E-state index contributed by atoms with van der Waals surface area (Å²) in [4.78, 5) is 2.58. The van der Waals surface area contributed by atoms with E-state index < -0.39 is 0 Å². The minimum atomic E-state index is 0.251. The molecular weight excluding hydrogens is 312 g/mol. The molecule has 3 atom stereocenters. The maximum Gasteiger partial charge on any atom is 0.0402 e. The second-order valence-corrected chi connectivity index (χ2v) is 7.25. The van der Waals surface area contributed by atoms with Crippen molar-refractivity contribution in [3.63, 3.8) is 0 Å². The van der Waals surface area contributed by atoms with Crippen LogP contribution in [-0.2, 0) is 6.42 Å². The number of hydrogen-bond acceptors (Lipinski definition) is 2. The molecular formula is C17H27BrN2. The molecule has 1 aromatic carbocycles. The van der Waals surface area contributed by atoms with Gasteiger partial charge >= 0.3 is 0 Å². The van der Waals surface area contributed by atoms with E-state index in [1.807, 2.05) is 0 Å². The lowest BCUT2D eigenvalue weighted by Gasteiger charge is -2.40. The zero-order valence-electron chi connectivity index (χ0n) is 12.9. The first kappa shape index (κ1) is 15.8. The van der Waals surface area contributed by atoms with Gasteiger partial charge in [-0.15, -0.1) is 0 Å². The average Bonchev–Trinajstić information content (AvgIpc) is 2.42. The van der Waals surface area contributed by atoms with Gasteiger partial charge in [-0.1, -0.05) is 29.8 Å². The molecule has 0 saturated carbocycles. The topological polar surface area (TPSA) is 29.3 Å². The number of nitrogens with two attached hydrogens (primary N) is 1. The highest BCUT2D eigenvalue weighted by molar-refractivity contribution is 9.10. The van der Waals surface area contributed by atoms with Crippen LogP contribution in [0.5, 0.6) is 0 Å². The predicted molar refractivity (Wildman–Crippen MR) is 91.3 cm³/mol. The Kier molecular flexibility index (Phi) is 5.50. The van der Waals surface area contributed by atoms with E-state index in [9.17, 15) is 0 Å². The van der Waals surface area contributed by atoms with Crippen molar-refractivity contribution in [1.29, 1.82) is 0 Å². The Hall–Kier alpha value is -0.540. The predicted octanol–water partition coefficient (Wildman–Crippen LogP) is 4.35. The van der Waals surface area contributed by atoms with E-state index in [4.69, 9.17) is 5.73 Å². The van der Waals surface area contributed by atoms with Crippen LogP contribution in [0.1, 0.15) is 45.6 Å². The van der Waals surface area contributed by atoms with Crippen LogP contribution >= 0.6 is 15.9 Å². The Morgan fingerprint density at radius 3 is 2.80 bits per heavy atom. The molecule has 0 amide bonds. The highest BCUT2D eigenvalue weighted by Crippen LogP contribution is 2.32. The smallest absolute Gasteiger partial charge is 0.0402 e. The fourth-order valence-corrected chi connectivity index (χ4v) is 3.46. The van der Waals surface area contributed by atoms with Crippen LogP contribution in [0.15, 0.2) is 22.7 Å². The number of rotatable bonds is 4. The minimum Gasteiger partial charge on any atom is -0.368 e. The molecule has 2 nitrogen and oxygen atoms in total. The van der Waals surface area contributed by atoms with Crippen molar-refractivity contribution >= 4 is 21.6 Å². The third-order valence-electron chi connectivity index (χ3n) is 4.48. The summed E-state index contributed by atoms with van der Waals surface area (Å²) >= 11 is 3.60. The van der Waals surface area contributed by atoms with Crippen molar-refractivity contribution in [1.82, 2.24) is 0 Å². The summed E-state index contributed by atoms with van der Waals surface area (Å²) in [7, 11) is 0. The van der Waals surface area contributed by atoms with E-state index in [1.165, 1.54) is 24.1 Å². The number of halogens is 1. The number of anilines is 1. The van der Waals surface area contributed by atoms with Crippen LogP contribution in [0.4, 0.5) is 5.69 Å². The van der Waals surface area contributed by atoms with Gasteiger partial charge in [0.1, 0.15) is 0 Å². The first-order chi connectivity index (χ1) is 9.51. The Morgan fingerprint density at radius 2 is 2.10 bits per heavy atom. The Labute approximate surface area is 131 Å². The van der Waals surface area contributed by atoms with E-state index >= 15 is 0 Å². The normalized spacial score (nSPS) is 24.8. The van der Waals surface area contributed by atoms with Gasteiger partial charge < -0.3 is 10.6 Å². The lowest BCUT2D eigenvalue weighted by Crippen LogP contribution is -2.41. The third-order valence-corrected chi connectivity index (χ3v) is 4.97. The van der Waals surface area contributed by atoms with Gasteiger partial charge in [-0.2, -0.15) is 0 Å². The van der Waals surface area contributed by atoms with Gasteiger partial charge in [0.15, 0.2) is 0 Å². The summed E-state index contributed by atoms with van der Waals surface area (Å²) in [6.45, 7) is 8.03. The second-order valence-electron chi connectivity index (χ2n) is 6.33. The molecule has 3 heteroatoms. The molecule has 112 valence electrons. The van der Waals surface area contributed by atoms with Crippen LogP contribution in [-0.4, -0.2) is 18.6 Å². The van der Waals surface area contributed by atoms with Crippen molar-refractivity contribution in [3.05, 3.63) is 28.2 Å². The lowest BCUT2D eigenvalue weighted by atomic mass is 9.93. The van der Waals surface area contributed by atoms with Gasteiger partial charge in [-0.25, -0.2) is 0 Å². The fourth-order valence-electron chi connectivity index (χ4n) is 3.05. The molecule has 20 heavy (non-hydrogen) atoms. The van der Waals surface area contributed by atoms with Gasteiger partial charge in [-0.3, -0.25) is 0 Å². The van der Waals surface area contributed by atoms with Crippen molar-refractivity contribution in [2.75, 3.05) is 11.4 Å². The van der Waals surface area contributed by atoms with Gasteiger partial charge in [0, 0.05) is 28.8 Å². The molecule has 1 aliphatic rings. The quantitative estimate of drug-likeness (QED) is 0.883. The van der Waals surface area contributed by atoms with Crippen LogP contribution in [0.3, 0.4) is 0 Å². The molecule has 0 radical (unpaired) electrons.